The van der Waals surface area contributed by atoms with Gasteiger partial charge in [0, 0.05) is 10.2 Å². The lowest BCUT2D eigenvalue weighted by atomic mass is 9.78. The van der Waals surface area contributed by atoms with Crippen LogP contribution in [0.15, 0.2) is 83.3 Å². The minimum absolute atomic E-state index is 0.146. The zero-order chi connectivity index (χ0) is 24.6. The van der Waals surface area contributed by atoms with E-state index in [1.165, 1.54) is 7.11 Å². The van der Waals surface area contributed by atoms with Crippen LogP contribution in [-0.4, -0.2) is 32.9 Å². The molecule has 3 rings (SSSR count). The third-order valence-corrected chi connectivity index (χ3v) is 5.88. The Morgan fingerprint density at radius 1 is 0.941 bits per heavy atom. The van der Waals surface area contributed by atoms with Crippen LogP contribution in [-0.2, 0) is 19.8 Å². The molecule has 0 saturated carbocycles. The van der Waals surface area contributed by atoms with Crippen LogP contribution >= 0.6 is 15.9 Å². The topological polar surface area (TPSA) is 85.9 Å². The van der Waals surface area contributed by atoms with Gasteiger partial charge in [-0.25, -0.2) is 9.59 Å². The number of rotatable bonds is 9. The molecule has 0 fully saturated rings. The van der Waals surface area contributed by atoms with Crippen molar-refractivity contribution in [3.8, 4) is 5.75 Å². The van der Waals surface area contributed by atoms with E-state index in [1.807, 2.05) is 54.6 Å². The highest BCUT2D eigenvalue weighted by Gasteiger charge is 2.51. The Morgan fingerprint density at radius 2 is 1.59 bits per heavy atom. The lowest BCUT2D eigenvalue weighted by molar-refractivity contribution is -0.149. The van der Waals surface area contributed by atoms with Gasteiger partial charge in [-0.05, 0) is 54.4 Å². The molecule has 0 aliphatic heterocycles. The second-order valence-electron chi connectivity index (χ2n) is 7.37. The molecular weight excluding hydrogens is 500 g/mol. The molecular formula is C26H27BrN2O5. The quantitative estimate of drug-likeness (QED) is 0.362. The minimum atomic E-state index is -1.66. The number of benzene rings is 3. The summed E-state index contributed by atoms with van der Waals surface area (Å²) in [5, 5.41) is 6.25. The number of carbonyl (C=O) groups is 2. The van der Waals surface area contributed by atoms with E-state index < -0.39 is 23.6 Å². The Labute approximate surface area is 207 Å². The van der Waals surface area contributed by atoms with Gasteiger partial charge in [0.1, 0.15) is 5.75 Å². The molecule has 0 unspecified atom stereocenters. The molecule has 0 aliphatic carbocycles. The first-order chi connectivity index (χ1) is 16.4. The molecule has 8 heteroatoms. The lowest BCUT2D eigenvalue weighted by Gasteiger charge is -2.40. The SMILES string of the molecule is CCOC(=O)N[C@@](C(=O)OC)(c1ccccc1)[C@H](Nc1ccc(OC)cc1)c1ccc(Br)cc1. The smallest absolute Gasteiger partial charge is 0.408 e. The zero-order valence-electron chi connectivity index (χ0n) is 19.2. The van der Waals surface area contributed by atoms with Gasteiger partial charge in [-0.3, -0.25) is 5.32 Å². The van der Waals surface area contributed by atoms with Crippen molar-refractivity contribution in [3.63, 3.8) is 0 Å². The molecule has 0 spiro atoms. The van der Waals surface area contributed by atoms with Gasteiger partial charge < -0.3 is 19.5 Å². The summed E-state index contributed by atoms with van der Waals surface area (Å²) in [6.45, 7) is 1.84. The maximum Gasteiger partial charge on any atom is 0.408 e. The first-order valence-corrected chi connectivity index (χ1v) is 11.5. The Bertz CT molecular complexity index is 1090. The van der Waals surface area contributed by atoms with Crippen molar-refractivity contribution in [1.82, 2.24) is 5.32 Å². The number of anilines is 1. The number of methoxy groups -OCH3 is 2. The van der Waals surface area contributed by atoms with Crippen LogP contribution in [0.4, 0.5) is 10.5 Å². The highest BCUT2D eigenvalue weighted by Crippen LogP contribution is 2.40. The molecule has 0 radical (unpaired) electrons. The van der Waals surface area contributed by atoms with E-state index >= 15 is 0 Å². The number of hydrogen-bond acceptors (Lipinski definition) is 6. The fraction of sp³-hybridized carbons (Fsp3) is 0.231. The summed E-state index contributed by atoms with van der Waals surface area (Å²) in [6.07, 6.45) is -0.740. The fourth-order valence-corrected chi connectivity index (χ4v) is 4.00. The van der Waals surface area contributed by atoms with Crippen molar-refractivity contribution in [1.29, 1.82) is 0 Å². The van der Waals surface area contributed by atoms with Gasteiger partial charge in [0.05, 0.1) is 26.9 Å². The number of halogens is 1. The van der Waals surface area contributed by atoms with E-state index in [0.717, 1.165) is 10.0 Å². The van der Waals surface area contributed by atoms with Crippen molar-refractivity contribution in [2.75, 3.05) is 26.1 Å². The predicted molar refractivity (Wildman–Crippen MR) is 134 cm³/mol. The van der Waals surface area contributed by atoms with Crippen LogP contribution in [0.2, 0.25) is 0 Å². The van der Waals surface area contributed by atoms with Crippen LogP contribution in [0.5, 0.6) is 5.75 Å². The predicted octanol–water partition coefficient (Wildman–Crippen LogP) is 5.43. The molecule has 1 amide bonds. The van der Waals surface area contributed by atoms with Gasteiger partial charge in [0.25, 0.3) is 0 Å². The standard InChI is InChI=1S/C26H27BrN2O5/c1-4-34-25(31)29-26(24(30)33-3,19-8-6-5-7-9-19)23(18-10-12-20(27)13-11-18)28-21-14-16-22(32-2)17-15-21/h5-17,23,28H,4H2,1-3H3,(H,29,31)/t23-,26+/m1/s1. The minimum Gasteiger partial charge on any atom is -0.497 e. The van der Waals surface area contributed by atoms with Crippen LogP contribution in [0.3, 0.4) is 0 Å². The van der Waals surface area contributed by atoms with E-state index in [1.54, 1.807) is 38.3 Å². The Hall–Kier alpha value is -3.52. The van der Waals surface area contributed by atoms with Gasteiger partial charge in [-0.15, -0.1) is 0 Å². The average molecular weight is 527 g/mol. The number of carbonyl (C=O) groups excluding carboxylic acids is 2. The van der Waals surface area contributed by atoms with Crippen LogP contribution in [0, 0.1) is 0 Å². The molecule has 0 aromatic heterocycles. The molecule has 0 aliphatic rings. The summed E-state index contributed by atoms with van der Waals surface area (Å²) >= 11 is 3.46. The van der Waals surface area contributed by atoms with Gasteiger partial charge in [0.2, 0.25) is 0 Å². The molecule has 0 saturated heterocycles. The van der Waals surface area contributed by atoms with Gasteiger partial charge in [-0.1, -0.05) is 58.4 Å². The number of alkyl carbamates (subject to hydrolysis) is 1. The van der Waals surface area contributed by atoms with Crippen molar-refractivity contribution in [2.45, 2.75) is 18.5 Å². The van der Waals surface area contributed by atoms with Gasteiger partial charge in [0.15, 0.2) is 5.54 Å². The first-order valence-electron chi connectivity index (χ1n) is 10.7. The average Bonchev–Trinajstić information content (AvgIpc) is 2.87. The van der Waals surface area contributed by atoms with Gasteiger partial charge >= 0.3 is 12.1 Å². The highest BCUT2D eigenvalue weighted by atomic mass is 79.9. The van der Waals surface area contributed by atoms with E-state index in [-0.39, 0.29) is 6.61 Å². The third kappa shape index (κ3) is 5.51. The van der Waals surface area contributed by atoms with Crippen LogP contribution in [0.25, 0.3) is 0 Å². The monoisotopic (exact) mass is 526 g/mol. The Morgan fingerprint density at radius 3 is 2.15 bits per heavy atom. The fourth-order valence-electron chi connectivity index (χ4n) is 3.74. The molecule has 3 aromatic carbocycles. The number of esters is 1. The largest absolute Gasteiger partial charge is 0.497 e. The van der Waals surface area contributed by atoms with E-state index in [4.69, 9.17) is 14.2 Å². The first kappa shape index (κ1) is 25.1. The molecule has 7 nitrogen and oxygen atoms in total. The van der Waals surface area contributed by atoms with E-state index in [9.17, 15) is 9.59 Å². The summed E-state index contributed by atoms with van der Waals surface area (Å²) in [6, 6.07) is 23.0. The third-order valence-electron chi connectivity index (χ3n) is 5.35. The number of ether oxygens (including phenoxy) is 3. The van der Waals surface area contributed by atoms with Crippen LogP contribution < -0.4 is 15.4 Å². The highest BCUT2D eigenvalue weighted by molar-refractivity contribution is 9.10. The Balaban J connectivity index is 2.24. The molecule has 0 bridgehead atoms. The zero-order valence-corrected chi connectivity index (χ0v) is 20.8. The van der Waals surface area contributed by atoms with E-state index in [2.05, 4.69) is 26.6 Å². The lowest BCUT2D eigenvalue weighted by Crippen LogP contribution is -2.58. The normalized spacial score (nSPS) is 13.2. The number of hydrogen-bond donors (Lipinski definition) is 2. The molecule has 0 heterocycles. The van der Waals surface area contributed by atoms with Crippen molar-refractivity contribution < 1.29 is 23.8 Å². The summed E-state index contributed by atoms with van der Waals surface area (Å²) < 4.78 is 16.6. The molecule has 2 N–H and O–H groups in total. The second kappa shape index (κ2) is 11.6. The summed E-state index contributed by atoms with van der Waals surface area (Å²) in [5.74, 6) is 0.0402. The molecule has 34 heavy (non-hydrogen) atoms. The maximum atomic E-state index is 13.6. The van der Waals surface area contributed by atoms with E-state index in [0.29, 0.717) is 17.0 Å². The summed E-state index contributed by atoms with van der Waals surface area (Å²) in [7, 11) is 2.88. The maximum absolute atomic E-state index is 13.6. The molecule has 178 valence electrons. The van der Waals surface area contributed by atoms with Gasteiger partial charge in [-0.2, -0.15) is 0 Å². The van der Waals surface area contributed by atoms with Crippen molar-refractivity contribution >= 4 is 33.7 Å². The van der Waals surface area contributed by atoms with Crippen LogP contribution in [0.1, 0.15) is 24.1 Å². The number of nitrogens with one attached hydrogen (secondary N) is 2. The van der Waals surface area contributed by atoms with Crippen molar-refractivity contribution in [3.05, 3.63) is 94.5 Å². The summed E-state index contributed by atoms with van der Waals surface area (Å²) in [5.41, 5.74) is 0.327. The second-order valence-corrected chi connectivity index (χ2v) is 8.28. The van der Waals surface area contributed by atoms with Crippen molar-refractivity contribution in [2.24, 2.45) is 0 Å². The molecule has 3 aromatic rings. The summed E-state index contributed by atoms with van der Waals surface area (Å²) in [4.78, 5) is 26.4. The number of amides is 1. The Kier molecular flexibility index (Phi) is 8.54. The molecule has 2 atom stereocenters.